The predicted molar refractivity (Wildman–Crippen MR) is 117 cm³/mol. The number of nitrogens with zero attached hydrogens (tertiary/aromatic N) is 4. The van der Waals surface area contributed by atoms with E-state index >= 15 is 0 Å². The first-order valence-electron chi connectivity index (χ1n) is 9.62. The molecule has 0 radical (unpaired) electrons. The van der Waals surface area contributed by atoms with Crippen molar-refractivity contribution < 1.29 is 4.74 Å². The Labute approximate surface area is 179 Å². The van der Waals surface area contributed by atoms with Gasteiger partial charge in [-0.3, -0.25) is 4.57 Å². The normalized spacial score (nSPS) is 11.2. The zero-order chi connectivity index (χ0) is 21.8. The first kappa shape index (κ1) is 21.6. The largest absolute Gasteiger partial charge is 0.491 e. The lowest BCUT2D eigenvalue weighted by atomic mass is 10.3. The van der Waals surface area contributed by atoms with Gasteiger partial charge in [0.1, 0.15) is 10.9 Å². The lowest BCUT2D eigenvalue weighted by Gasteiger charge is -2.17. The molecule has 0 fully saturated rings. The molecule has 0 spiro atoms. The molecule has 0 unspecified atom stereocenters. The smallest absolute Gasteiger partial charge is 0.355 e. The number of hydrogen-bond acceptors (Lipinski definition) is 6. The summed E-state index contributed by atoms with van der Waals surface area (Å²) in [5, 5.41) is 3.43. The summed E-state index contributed by atoms with van der Waals surface area (Å²) in [6.07, 6.45) is 1.65. The van der Waals surface area contributed by atoms with Gasteiger partial charge in [-0.05, 0) is 63.6 Å². The maximum Gasteiger partial charge on any atom is 0.355 e. The number of nitrogens with one attached hydrogen (secondary N) is 1. The van der Waals surface area contributed by atoms with E-state index in [-0.39, 0.29) is 24.6 Å². The van der Waals surface area contributed by atoms with E-state index in [9.17, 15) is 9.59 Å². The summed E-state index contributed by atoms with van der Waals surface area (Å²) in [5.41, 5.74) is 0.355. The summed E-state index contributed by atoms with van der Waals surface area (Å²) in [6.45, 7) is 7.60. The van der Waals surface area contributed by atoms with Crippen LogP contribution in [0, 0.1) is 0 Å². The highest BCUT2D eigenvalue weighted by atomic mass is 35.5. The van der Waals surface area contributed by atoms with E-state index in [1.54, 1.807) is 44.3 Å². The Bertz CT molecular complexity index is 1120. The molecule has 2 heterocycles. The van der Waals surface area contributed by atoms with Gasteiger partial charge in [0.15, 0.2) is 0 Å². The van der Waals surface area contributed by atoms with Gasteiger partial charge in [0.2, 0.25) is 5.95 Å². The van der Waals surface area contributed by atoms with E-state index in [4.69, 9.17) is 16.3 Å². The molecule has 3 rings (SSSR count). The van der Waals surface area contributed by atoms with Gasteiger partial charge < -0.3 is 10.1 Å². The molecule has 158 valence electrons. The van der Waals surface area contributed by atoms with Gasteiger partial charge in [0.25, 0.3) is 0 Å². The third-order valence-corrected chi connectivity index (χ3v) is 4.45. The quantitative estimate of drug-likeness (QED) is 0.577. The number of halogens is 1. The van der Waals surface area contributed by atoms with E-state index < -0.39 is 11.4 Å². The number of ether oxygens (including phenoxy) is 1. The summed E-state index contributed by atoms with van der Waals surface area (Å²) in [6, 6.07) is 10.3. The molecule has 0 amide bonds. The van der Waals surface area contributed by atoms with Gasteiger partial charge in [-0.2, -0.15) is 4.98 Å². The minimum absolute atomic E-state index is 0.0623. The van der Waals surface area contributed by atoms with Crippen molar-refractivity contribution in [3.63, 3.8) is 0 Å². The maximum absolute atomic E-state index is 13.1. The molecule has 0 saturated heterocycles. The van der Waals surface area contributed by atoms with E-state index in [1.165, 1.54) is 4.57 Å². The number of anilines is 2. The minimum Gasteiger partial charge on any atom is -0.491 e. The summed E-state index contributed by atoms with van der Waals surface area (Å²) in [4.78, 5) is 33.7. The Hall–Kier alpha value is -3.13. The van der Waals surface area contributed by atoms with Crippen molar-refractivity contribution in [3.05, 3.63) is 74.3 Å². The molecule has 9 heteroatoms. The first-order valence-corrected chi connectivity index (χ1v) is 10.00. The predicted octanol–water partition coefficient (Wildman–Crippen LogP) is 3.61. The maximum atomic E-state index is 13.1. The molecular weight excluding hydrogens is 406 g/mol. The number of hydrogen-bond donors (Lipinski definition) is 1. The molecular formula is C21H24ClN5O3. The summed E-state index contributed by atoms with van der Waals surface area (Å²) < 4.78 is 8.17. The second kappa shape index (κ2) is 9.13. The van der Waals surface area contributed by atoms with Crippen LogP contribution in [0.25, 0.3) is 0 Å². The van der Waals surface area contributed by atoms with Gasteiger partial charge >= 0.3 is 11.4 Å². The van der Waals surface area contributed by atoms with Crippen LogP contribution in [0.15, 0.2) is 52.2 Å². The number of aromatic nitrogens is 4. The van der Waals surface area contributed by atoms with Crippen LogP contribution in [-0.2, 0) is 6.54 Å². The third-order valence-electron chi connectivity index (χ3n) is 4.23. The van der Waals surface area contributed by atoms with E-state index in [0.717, 1.165) is 15.9 Å². The molecule has 0 saturated carbocycles. The molecule has 0 aliphatic carbocycles. The molecule has 0 bridgehead atoms. The number of benzene rings is 1. The molecule has 0 atom stereocenters. The molecule has 1 N–H and O–H groups in total. The van der Waals surface area contributed by atoms with Gasteiger partial charge in [-0.1, -0.05) is 17.7 Å². The SMILES string of the molecule is CC(C)Oc1ccc(Nc2nc(=O)n(C(C)C)c(=O)n2Cc2ccc(Cl)nc2)cc1. The van der Waals surface area contributed by atoms with Crippen molar-refractivity contribution in [1.29, 1.82) is 0 Å². The van der Waals surface area contributed by atoms with Crippen molar-refractivity contribution in [3.8, 4) is 5.75 Å². The van der Waals surface area contributed by atoms with Gasteiger partial charge in [-0.15, -0.1) is 0 Å². The van der Waals surface area contributed by atoms with Crippen LogP contribution in [0.2, 0.25) is 5.15 Å². The molecule has 8 nitrogen and oxygen atoms in total. The van der Waals surface area contributed by atoms with Crippen molar-refractivity contribution in [2.45, 2.75) is 46.4 Å². The monoisotopic (exact) mass is 429 g/mol. The van der Waals surface area contributed by atoms with Crippen LogP contribution in [-0.4, -0.2) is 25.2 Å². The summed E-state index contributed by atoms with van der Waals surface area (Å²) in [5.74, 6) is 0.873. The molecule has 1 aromatic carbocycles. The van der Waals surface area contributed by atoms with E-state index in [0.29, 0.717) is 10.8 Å². The van der Waals surface area contributed by atoms with Crippen molar-refractivity contribution in [2.24, 2.45) is 0 Å². The fourth-order valence-electron chi connectivity index (χ4n) is 2.89. The minimum atomic E-state index is -0.609. The highest BCUT2D eigenvalue weighted by Gasteiger charge is 2.16. The van der Waals surface area contributed by atoms with Crippen LogP contribution in [0.1, 0.15) is 39.3 Å². The fourth-order valence-corrected chi connectivity index (χ4v) is 3.00. The number of pyridine rings is 1. The standard InChI is InChI=1S/C21H24ClN5O3/c1-13(2)27-20(28)25-19(24-16-6-8-17(9-7-16)30-14(3)4)26(21(27)29)12-15-5-10-18(22)23-11-15/h5-11,13-14H,12H2,1-4H3,(H,24,25,28). The van der Waals surface area contributed by atoms with Gasteiger partial charge in [0, 0.05) is 17.9 Å². The number of rotatable bonds is 7. The zero-order valence-electron chi connectivity index (χ0n) is 17.3. The molecule has 0 aliphatic rings. The topological polar surface area (TPSA) is 91.0 Å². The Morgan fingerprint density at radius 3 is 2.33 bits per heavy atom. The first-order chi connectivity index (χ1) is 14.2. The van der Waals surface area contributed by atoms with Crippen molar-refractivity contribution in [2.75, 3.05) is 5.32 Å². The fraction of sp³-hybridized carbons (Fsp3) is 0.333. The lowest BCUT2D eigenvalue weighted by molar-refractivity contribution is 0.242. The average molecular weight is 430 g/mol. The zero-order valence-corrected chi connectivity index (χ0v) is 18.1. The Balaban J connectivity index is 2.01. The highest BCUT2D eigenvalue weighted by Crippen LogP contribution is 2.19. The summed E-state index contributed by atoms with van der Waals surface area (Å²) in [7, 11) is 0. The average Bonchev–Trinajstić information content (AvgIpc) is 2.67. The Morgan fingerprint density at radius 1 is 1.07 bits per heavy atom. The van der Waals surface area contributed by atoms with Crippen LogP contribution in [0.5, 0.6) is 5.75 Å². The third kappa shape index (κ3) is 5.07. The molecule has 0 aliphatic heterocycles. The second-order valence-corrected chi connectivity index (χ2v) is 7.74. The van der Waals surface area contributed by atoms with E-state index in [1.807, 2.05) is 26.0 Å². The Morgan fingerprint density at radius 2 is 1.77 bits per heavy atom. The molecule has 2 aromatic heterocycles. The lowest BCUT2D eigenvalue weighted by Crippen LogP contribution is -2.43. The second-order valence-electron chi connectivity index (χ2n) is 7.36. The van der Waals surface area contributed by atoms with Crippen LogP contribution in [0.3, 0.4) is 0 Å². The van der Waals surface area contributed by atoms with Gasteiger partial charge in [0.05, 0.1) is 12.6 Å². The van der Waals surface area contributed by atoms with Crippen LogP contribution in [0.4, 0.5) is 11.6 Å². The molecule has 30 heavy (non-hydrogen) atoms. The van der Waals surface area contributed by atoms with Crippen molar-refractivity contribution in [1.82, 2.24) is 19.1 Å². The van der Waals surface area contributed by atoms with E-state index in [2.05, 4.69) is 15.3 Å². The van der Waals surface area contributed by atoms with Crippen molar-refractivity contribution >= 4 is 23.2 Å². The van der Waals surface area contributed by atoms with Gasteiger partial charge in [-0.25, -0.2) is 19.1 Å². The molecule has 3 aromatic rings. The van der Waals surface area contributed by atoms with Crippen LogP contribution < -0.4 is 21.4 Å². The summed E-state index contributed by atoms with van der Waals surface area (Å²) >= 11 is 5.86. The Kier molecular flexibility index (Phi) is 6.56. The highest BCUT2D eigenvalue weighted by molar-refractivity contribution is 6.29. The van der Waals surface area contributed by atoms with Crippen LogP contribution >= 0.6 is 11.6 Å².